The van der Waals surface area contributed by atoms with Crippen LogP contribution in [-0.2, 0) is 14.3 Å². The molecule has 5 heteroatoms. The molecule has 0 unspecified atom stereocenters. The fraction of sp³-hybridized carbons (Fsp3) is 0.900. The van der Waals surface area contributed by atoms with Crippen molar-refractivity contribution < 1.29 is 24.5 Å². The summed E-state index contributed by atoms with van der Waals surface area (Å²) in [6, 6.07) is 0. The summed E-state index contributed by atoms with van der Waals surface area (Å²) >= 11 is 0. The molecule has 0 aromatic carbocycles. The second-order valence-corrected chi connectivity index (χ2v) is 7.96. The van der Waals surface area contributed by atoms with Crippen molar-refractivity contribution in [2.75, 3.05) is 13.2 Å². The summed E-state index contributed by atoms with van der Waals surface area (Å²) < 4.78 is 5.14. The lowest BCUT2D eigenvalue weighted by atomic mass is 9.85. The summed E-state index contributed by atoms with van der Waals surface area (Å²) in [5.74, 6) is 0.434. The Morgan fingerprint density at radius 3 is 2.56 bits per heavy atom. The summed E-state index contributed by atoms with van der Waals surface area (Å²) in [5.41, 5.74) is 0. The summed E-state index contributed by atoms with van der Waals surface area (Å²) in [5, 5.41) is 18.9. The van der Waals surface area contributed by atoms with Gasteiger partial charge in [-0.2, -0.15) is 0 Å². The number of hydrogen-bond acceptors (Lipinski definition) is 4. The number of carboxylic acid groups (broad SMARTS) is 1. The van der Waals surface area contributed by atoms with Gasteiger partial charge in [0.2, 0.25) is 0 Å². The molecule has 0 radical (unpaired) electrons. The first-order valence-corrected chi connectivity index (χ1v) is 10.0. The first kappa shape index (κ1) is 20.4. The molecule has 0 amide bonds. The summed E-state index contributed by atoms with van der Waals surface area (Å²) in [7, 11) is 0. The van der Waals surface area contributed by atoms with E-state index in [2.05, 4.69) is 6.92 Å². The molecule has 2 rings (SSSR count). The van der Waals surface area contributed by atoms with Gasteiger partial charge in [-0.25, -0.2) is 4.79 Å². The fourth-order valence-electron chi connectivity index (χ4n) is 4.90. The maximum absolute atomic E-state index is 12.6. The van der Waals surface area contributed by atoms with E-state index in [9.17, 15) is 14.7 Å². The standard InChI is InChI=1S/C20H34O5/c1-2-3-4-5-6-7-17(21)20-16-11-14(8-9-25-13-19(23)24)10-15(16)12-18(20)22/h14-16,18,20,22H,2-13H2,1H3,(H,23,24)/t14-,15-,16-,18+,20-/m1/s1. The highest BCUT2D eigenvalue weighted by atomic mass is 16.5. The van der Waals surface area contributed by atoms with E-state index in [1.807, 2.05) is 0 Å². The van der Waals surface area contributed by atoms with Crippen molar-refractivity contribution in [2.45, 2.75) is 77.2 Å². The molecule has 2 aliphatic rings. The minimum Gasteiger partial charge on any atom is -0.480 e. The zero-order chi connectivity index (χ0) is 18.2. The number of aliphatic hydroxyl groups excluding tert-OH is 1. The fourth-order valence-corrected chi connectivity index (χ4v) is 4.90. The predicted octanol–water partition coefficient (Wildman–Crippen LogP) is 3.43. The highest BCUT2D eigenvalue weighted by Gasteiger charge is 2.50. The number of fused-ring (bicyclic) bond motifs is 1. The van der Waals surface area contributed by atoms with Crippen molar-refractivity contribution in [3.63, 3.8) is 0 Å². The second kappa shape index (κ2) is 10.3. The molecule has 2 aliphatic carbocycles. The van der Waals surface area contributed by atoms with Crippen LogP contribution in [0.5, 0.6) is 0 Å². The number of unbranched alkanes of at least 4 members (excludes halogenated alkanes) is 4. The summed E-state index contributed by atoms with van der Waals surface area (Å²) in [6.07, 6.45) is 9.48. The maximum atomic E-state index is 12.6. The van der Waals surface area contributed by atoms with Crippen molar-refractivity contribution in [1.82, 2.24) is 0 Å². The number of Topliss-reactive ketones (excluding diaryl/α,β-unsaturated/α-hetero) is 1. The average molecular weight is 354 g/mol. The number of ether oxygens (including phenoxy) is 1. The molecule has 2 fully saturated rings. The lowest BCUT2D eigenvalue weighted by Gasteiger charge is -2.21. The average Bonchev–Trinajstić information content (AvgIpc) is 3.06. The molecule has 0 aromatic heterocycles. The van der Waals surface area contributed by atoms with E-state index in [4.69, 9.17) is 9.84 Å². The Morgan fingerprint density at radius 1 is 1.08 bits per heavy atom. The Balaban J connectivity index is 1.73. The Morgan fingerprint density at radius 2 is 1.84 bits per heavy atom. The Kier molecular flexibility index (Phi) is 8.37. The van der Waals surface area contributed by atoms with E-state index in [1.54, 1.807) is 0 Å². The van der Waals surface area contributed by atoms with Gasteiger partial charge in [0.15, 0.2) is 0 Å². The van der Waals surface area contributed by atoms with Crippen LogP contribution in [0.15, 0.2) is 0 Å². The van der Waals surface area contributed by atoms with Crippen molar-refractivity contribution in [1.29, 1.82) is 0 Å². The lowest BCUT2D eigenvalue weighted by Crippen LogP contribution is -2.28. The SMILES string of the molecule is CCCCCCCC(=O)[C@H]1[C@@H]2C[C@H](CCOCC(=O)O)C[C@@H]2C[C@@H]1O. The van der Waals surface area contributed by atoms with E-state index in [-0.39, 0.29) is 18.3 Å². The molecule has 5 nitrogen and oxygen atoms in total. The van der Waals surface area contributed by atoms with Crippen LogP contribution in [0.1, 0.15) is 71.1 Å². The molecule has 25 heavy (non-hydrogen) atoms. The number of hydrogen-bond donors (Lipinski definition) is 2. The number of carboxylic acids is 1. The van der Waals surface area contributed by atoms with Gasteiger partial charge in [0.1, 0.15) is 12.4 Å². The first-order valence-electron chi connectivity index (χ1n) is 10.0. The van der Waals surface area contributed by atoms with Crippen LogP contribution in [0.3, 0.4) is 0 Å². The Hall–Kier alpha value is -0.940. The van der Waals surface area contributed by atoms with E-state index >= 15 is 0 Å². The number of rotatable bonds is 12. The molecule has 144 valence electrons. The Bertz CT molecular complexity index is 436. The molecular weight excluding hydrogens is 320 g/mol. The molecule has 2 N–H and O–H groups in total. The van der Waals surface area contributed by atoms with Gasteiger partial charge in [-0.1, -0.05) is 32.6 Å². The molecule has 0 saturated heterocycles. The number of ketones is 1. The van der Waals surface area contributed by atoms with Crippen LogP contribution in [0.2, 0.25) is 0 Å². The topological polar surface area (TPSA) is 83.8 Å². The van der Waals surface area contributed by atoms with Crippen LogP contribution in [-0.4, -0.2) is 41.3 Å². The highest BCUT2D eigenvalue weighted by molar-refractivity contribution is 5.82. The predicted molar refractivity (Wildman–Crippen MR) is 95.3 cm³/mol. The van der Waals surface area contributed by atoms with Crippen LogP contribution in [0.25, 0.3) is 0 Å². The number of aliphatic carboxylic acids is 1. The molecule has 0 aliphatic heterocycles. The molecule has 0 bridgehead atoms. The van der Waals surface area contributed by atoms with Crippen LogP contribution in [0.4, 0.5) is 0 Å². The van der Waals surface area contributed by atoms with Crippen molar-refractivity contribution in [2.24, 2.45) is 23.7 Å². The smallest absolute Gasteiger partial charge is 0.329 e. The number of carbonyl (C=O) groups excluding carboxylic acids is 1. The van der Waals surface area contributed by atoms with Gasteiger partial charge in [-0.15, -0.1) is 0 Å². The van der Waals surface area contributed by atoms with E-state index in [1.165, 1.54) is 19.3 Å². The monoisotopic (exact) mass is 354 g/mol. The zero-order valence-corrected chi connectivity index (χ0v) is 15.5. The third kappa shape index (κ3) is 6.07. The molecule has 0 heterocycles. The first-order chi connectivity index (χ1) is 12.0. The molecular formula is C20H34O5. The minimum atomic E-state index is -0.934. The van der Waals surface area contributed by atoms with Crippen LogP contribution in [0, 0.1) is 23.7 Å². The third-order valence-electron chi connectivity index (χ3n) is 6.06. The van der Waals surface area contributed by atoms with Crippen molar-refractivity contribution in [3.8, 4) is 0 Å². The van der Waals surface area contributed by atoms with Gasteiger partial charge in [0.25, 0.3) is 0 Å². The van der Waals surface area contributed by atoms with Crippen molar-refractivity contribution in [3.05, 3.63) is 0 Å². The van der Waals surface area contributed by atoms with Crippen molar-refractivity contribution >= 4 is 11.8 Å². The quantitative estimate of drug-likeness (QED) is 0.525. The van der Waals surface area contributed by atoms with Crippen LogP contribution < -0.4 is 0 Å². The van der Waals surface area contributed by atoms with Gasteiger partial charge in [0.05, 0.1) is 6.10 Å². The number of aliphatic hydroxyl groups is 1. The highest BCUT2D eigenvalue weighted by Crippen LogP contribution is 2.51. The normalized spacial score (nSPS) is 31.2. The Labute approximate surface area is 151 Å². The van der Waals surface area contributed by atoms with Gasteiger partial charge >= 0.3 is 5.97 Å². The van der Waals surface area contributed by atoms with E-state index in [0.29, 0.717) is 30.8 Å². The van der Waals surface area contributed by atoms with Gasteiger partial charge in [-0.3, -0.25) is 4.79 Å². The summed E-state index contributed by atoms with van der Waals surface area (Å²) in [6.45, 7) is 2.41. The van der Waals surface area contributed by atoms with Gasteiger partial charge in [-0.05, 0) is 49.9 Å². The van der Waals surface area contributed by atoms with Gasteiger partial charge < -0.3 is 14.9 Å². The molecule has 5 atom stereocenters. The number of carbonyl (C=O) groups is 2. The molecule has 2 saturated carbocycles. The summed E-state index contributed by atoms with van der Waals surface area (Å²) in [4.78, 5) is 23.1. The minimum absolute atomic E-state index is 0.166. The largest absolute Gasteiger partial charge is 0.480 e. The zero-order valence-electron chi connectivity index (χ0n) is 15.5. The second-order valence-electron chi connectivity index (χ2n) is 7.96. The lowest BCUT2D eigenvalue weighted by molar-refractivity contribution is -0.142. The third-order valence-corrected chi connectivity index (χ3v) is 6.06. The molecule has 0 spiro atoms. The molecule has 0 aromatic rings. The van der Waals surface area contributed by atoms with Gasteiger partial charge in [0, 0.05) is 18.9 Å². The van der Waals surface area contributed by atoms with E-state index < -0.39 is 12.1 Å². The maximum Gasteiger partial charge on any atom is 0.329 e. The van der Waals surface area contributed by atoms with E-state index in [0.717, 1.165) is 38.5 Å². The van der Waals surface area contributed by atoms with Crippen LogP contribution >= 0.6 is 0 Å².